The van der Waals surface area contributed by atoms with E-state index in [0.717, 1.165) is 60.6 Å². The number of aryl methyl sites for hydroxylation is 1. The molecule has 6 rings (SSSR count). The SMILES string of the molecule is Cc1nc2nc(N)cc(-c3cc4cc(CN5CC6CCC(CC(=O)C6)C5)ccc4[nH]3)c2[nH]1. The molecule has 2 bridgehead atoms. The van der Waals surface area contributed by atoms with Crippen molar-refractivity contribution < 1.29 is 4.79 Å². The van der Waals surface area contributed by atoms with Gasteiger partial charge in [-0.25, -0.2) is 9.97 Å². The molecule has 0 radical (unpaired) electrons. The fraction of sp³-hybridized carbons (Fsp3) is 0.400. The summed E-state index contributed by atoms with van der Waals surface area (Å²) < 4.78 is 0. The van der Waals surface area contributed by atoms with Crippen LogP contribution in [0.4, 0.5) is 5.82 Å². The third-order valence-corrected chi connectivity index (χ3v) is 7.03. The molecule has 164 valence electrons. The number of aromatic amines is 2. The Morgan fingerprint density at radius 3 is 2.62 bits per heavy atom. The molecule has 1 aliphatic carbocycles. The van der Waals surface area contributed by atoms with Crippen molar-refractivity contribution in [1.29, 1.82) is 0 Å². The number of carbonyl (C=O) groups excluding carboxylic acids is 1. The van der Waals surface area contributed by atoms with Crippen molar-refractivity contribution in [2.45, 2.75) is 39.2 Å². The molecular weight excluding hydrogens is 400 g/mol. The maximum atomic E-state index is 12.1. The largest absolute Gasteiger partial charge is 0.384 e. The van der Waals surface area contributed by atoms with Gasteiger partial charge in [-0.05, 0) is 61.4 Å². The molecule has 32 heavy (non-hydrogen) atoms. The van der Waals surface area contributed by atoms with Crippen LogP contribution in [0.3, 0.4) is 0 Å². The van der Waals surface area contributed by atoms with Crippen LogP contribution in [-0.2, 0) is 11.3 Å². The molecule has 1 saturated carbocycles. The average molecular weight is 429 g/mol. The highest BCUT2D eigenvalue weighted by Gasteiger charge is 2.30. The van der Waals surface area contributed by atoms with E-state index in [4.69, 9.17) is 5.73 Å². The number of rotatable bonds is 3. The molecule has 1 aliphatic heterocycles. The number of nitrogens with one attached hydrogen (secondary N) is 2. The number of nitrogens with two attached hydrogens (primary N) is 1. The fourth-order valence-corrected chi connectivity index (χ4v) is 5.67. The van der Waals surface area contributed by atoms with Gasteiger partial charge < -0.3 is 15.7 Å². The third-order valence-electron chi connectivity index (χ3n) is 7.03. The highest BCUT2D eigenvalue weighted by Crippen LogP contribution is 2.33. The lowest BCUT2D eigenvalue weighted by Crippen LogP contribution is -2.34. The summed E-state index contributed by atoms with van der Waals surface area (Å²) in [6.07, 6.45) is 3.93. The third kappa shape index (κ3) is 3.56. The molecule has 4 heterocycles. The van der Waals surface area contributed by atoms with Crippen molar-refractivity contribution in [2.75, 3.05) is 18.8 Å². The molecule has 7 heteroatoms. The molecule has 1 aromatic carbocycles. The molecule has 2 atom stereocenters. The Bertz CT molecular complexity index is 1320. The molecule has 1 saturated heterocycles. The van der Waals surface area contributed by atoms with Gasteiger partial charge in [0.15, 0.2) is 5.65 Å². The predicted octanol–water partition coefficient (Wildman–Crippen LogP) is 4.19. The Kier molecular flexibility index (Phi) is 4.54. The van der Waals surface area contributed by atoms with Crippen molar-refractivity contribution in [1.82, 2.24) is 24.8 Å². The summed E-state index contributed by atoms with van der Waals surface area (Å²) in [6, 6.07) is 10.7. The maximum absolute atomic E-state index is 12.1. The van der Waals surface area contributed by atoms with Crippen molar-refractivity contribution in [3.05, 3.63) is 41.7 Å². The lowest BCUT2D eigenvalue weighted by Gasteiger charge is -2.28. The number of anilines is 1. The Morgan fingerprint density at radius 1 is 1.06 bits per heavy atom. The topological polar surface area (TPSA) is 104 Å². The summed E-state index contributed by atoms with van der Waals surface area (Å²) in [6.45, 7) is 4.92. The van der Waals surface area contributed by atoms with Crippen molar-refractivity contribution in [3.8, 4) is 11.3 Å². The van der Waals surface area contributed by atoms with Crippen LogP contribution in [0.25, 0.3) is 33.3 Å². The summed E-state index contributed by atoms with van der Waals surface area (Å²) in [7, 11) is 0. The van der Waals surface area contributed by atoms with E-state index in [1.807, 2.05) is 13.0 Å². The monoisotopic (exact) mass is 428 g/mol. The number of ketones is 1. The number of nitrogen functional groups attached to an aromatic ring is 1. The zero-order valence-electron chi connectivity index (χ0n) is 18.3. The number of carbonyl (C=O) groups is 1. The highest BCUT2D eigenvalue weighted by molar-refractivity contribution is 5.95. The van der Waals surface area contributed by atoms with Crippen LogP contribution in [0.2, 0.25) is 0 Å². The average Bonchev–Trinajstić information content (AvgIpc) is 3.20. The molecule has 2 unspecified atom stereocenters. The Morgan fingerprint density at radius 2 is 1.84 bits per heavy atom. The highest BCUT2D eigenvalue weighted by atomic mass is 16.1. The Balaban J connectivity index is 1.30. The van der Waals surface area contributed by atoms with Gasteiger partial charge in [0, 0.05) is 54.6 Å². The minimum Gasteiger partial charge on any atom is -0.384 e. The number of Topliss-reactive ketones (excluding diaryl/α,β-unsaturated/α-hetero) is 1. The first-order valence-corrected chi connectivity index (χ1v) is 11.5. The van der Waals surface area contributed by atoms with Gasteiger partial charge in [0.1, 0.15) is 17.4 Å². The molecule has 2 aliphatic rings. The number of nitrogens with zero attached hydrogens (tertiary/aromatic N) is 3. The minimum atomic E-state index is 0.462. The number of fused-ring (bicyclic) bond motifs is 5. The molecule has 2 fully saturated rings. The van der Waals surface area contributed by atoms with E-state index >= 15 is 0 Å². The second-order valence-corrected chi connectivity index (χ2v) is 9.67. The van der Waals surface area contributed by atoms with Crippen LogP contribution in [0.15, 0.2) is 30.3 Å². The van der Waals surface area contributed by atoms with E-state index in [1.165, 1.54) is 23.8 Å². The number of H-pyrrole nitrogens is 2. The molecule has 0 amide bonds. The fourth-order valence-electron chi connectivity index (χ4n) is 5.67. The van der Waals surface area contributed by atoms with Crippen molar-refractivity contribution >= 4 is 33.7 Å². The lowest BCUT2D eigenvalue weighted by atomic mass is 9.98. The molecule has 7 nitrogen and oxygen atoms in total. The van der Waals surface area contributed by atoms with Gasteiger partial charge in [-0.2, -0.15) is 0 Å². The van der Waals surface area contributed by atoms with Crippen molar-refractivity contribution in [2.24, 2.45) is 11.8 Å². The maximum Gasteiger partial charge on any atom is 0.180 e. The van der Waals surface area contributed by atoms with Gasteiger partial charge in [-0.3, -0.25) is 9.69 Å². The number of pyridine rings is 1. The summed E-state index contributed by atoms with van der Waals surface area (Å²) in [4.78, 5) is 30.3. The summed E-state index contributed by atoms with van der Waals surface area (Å²) in [5, 5.41) is 1.18. The summed E-state index contributed by atoms with van der Waals surface area (Å²) in [5.41, 5.74) is 12.0. The number of imidazole rings is 1. The van der Waals surface area contributed by atoms with Gasteiger partial charge in [0.05, 0.1) is 5.52 Å². The molecular formula is C25H28N6O. The first kappa shape index (κ1) is 19.5. The smallest absolute Gasteiger partial charge is 0.180 e. The van der Waals surface area contributed by atoms with E-state index in [2.05, 4.69) is 49.1 Å². The van der Waals surface area contributed by atoms with Crippen LogP contribution in [0.1, 0.15) is 37.1 Å². The van der Waals surface area contributed by atoms with Crippen LogP contribution >= 0.6 is 0 Å². The van der Waals surface area contributed by atoms with Crippen LogP contribution in [-0.4, -0.2) is 43.7 Å². The number of aromatic nitrogens is 4. The second kappa shape index (κ2) is 7.45. The zero-order valence-corrected chi connectivity index (χ0v) is 18.3. The summed E-state index contributed by atoms with van der Waals surface area (Å²) >= 11 is 0. The Labute approximate surface area is 186 Å². The summed E-state index contributed by atoms with van der Waals surface area (Å²) in [5.74, 6) is 2.80. The first-order chi connectivity index (χ1) is 15.5. The van der Waals surface area contributed by atoms with Gasteiger partial charge in [-0.1, -0.05) is 6.07 Å². The lowest BCUT2D eigenvalue weighted by molar-refractivity contribution is -0.121. The standard InChI is InChI=1S/C25H28N6O/c1-14-27-24-20(10-23(26)30-25(24)28-14)22-9-18-6-15(4-5-21(18)29-22)11-31-12-16-2-3-17(13-31)8-19(32)7-16/h4-6,9-10,16-17,29H,2-3,7-8,11-13H2,1H3,(H3,26,27,28,30). The normalized spacial score (nSPS) is 22.0. The van der Waals surface area contributed by atoms with E-state index in [0.29, 0.717) is 29.1 Å². The first-order valence-electron chi connectivity index (χ1n) is 11.5. The zero-order chi connectivity index (χ0) is 21.8. The van der Waals surface area contributed by atoms with Crippen LogP contribution < -0.4 is 5.73 Å². The number of hydrogen-bond donors (Lipinski definition) is 3. The van der Waals surface area contributed by atoms with Gasteiger partial charge in [-0.15, -0.1) is 0 Å². The Hall–Kier alpha value is -3.19. The van der Waals surface area contributed by atoms with Crippen LogP contribution in [0.5, 0.6) is 0 Å². The molecule has 4 aromatic rings. The van der Waals surface area contributed by atoms with Gasteiger partial charge in [0.25, 0.3) is 0 Å². The van der Waals surface area contributed by atoms with Crippen molar-refractivity contribution in [3.63, 3.8) is 0 Å². The molecule has 3 aromatic heterocycles. The number of likely N-dealkylation sites (tertiary alicyclic amines) is 1. The van der Waals surface area contributed by atoms with Crippen LogP contribution in [0, 0.1) is 18.8 Å². The quantitative estimate of drug-likeness (QED) is 0.454. The molecule has 0 spiro atoms. The molecule has 4 N–H and O–H groups in total. The van der Waals surface area contributed by atoms with E-state index < -0.39 is 0 Å². The van der Waals surface area contributed by atoms with Gasteiger partial charge in [0.2, 0.25) is 0 Å². The number of benzene rings is 1. The minimum absolute atomic E-state index is 0.462. The van der Waals surface area contributed by atoms with Gasteiger partial charge >= 0.3 is 0 Å². The number of hydrogen-bond acceptors (Lipinski definition) is 5. The second-order valence-electron chi connectivity index (χ2n) is 9.67. The van der Waals surface area contributed by atoms with E-state index in [9.17, 15) is 4.79 Å². The van der Waals surface area contributed by atoms with E-state index in [-0.39, 0.29) is 0 Å². The van der Waals surface area contributed by atoms with E-state index in [1.54, 1.807) is 0 Å². The predicted molar refractivity (Wildman–Crippen MR) is 126 cm³/mol.